The van der Waals surface area contributed by atoms with Gasteiger partial charge in [0.1, 0.15) is 0 Å². The van der Waals surface area contributed by atoms with E-state index in [1.54, 1.807) is 7.11 Å². The first kappa shape index (κ1) is 18.4. The summed E-state index contributed by atoms with van der Waals surface area (Å²) in [6.07, 6.45) is 5.95. The molecule has 1 N–H and O–H groups in total. The van der Waals surface area contributed by atoms with Crippen molar-refractivity contribution in [2.75, 3.05) is 7.11 Å². The molecule has 25 heavy (non-hydrogen) atoms. The van der Waals surface area contributed by atoms with Crippen molar-refractivity contribution in [2.45, 2.75) is 71.2 Å². The maximum absolute atomic E-state index is 12.6. The van der Waals surface area contributed by atoms with Gasteiger partial charge in [-0.2, -0.15) is 0 Å². The fourth-order valence-corrected chi connectivity index (χ4v) is 5.02. The molecule has 0 saturated heterocycles. The summed E-state index contributed by atoms with van der Waals surface area (Å²) in [5.74, 6) is -0.839. The van der Waals surface area contributed by atoms with E-state index in [4.69, 9.17) is 9.47 Å². The molecule has 0 aromatic rings. The molecule has 3 rings (SSSR count). The van der Waals surface area contributed by atoms with Crippen LogP contribution in [0.25, 0.3) is 0 Å². The summed E-state index contributed by atoms with van der Waals surface area (Å²) in [4.78, 5) is 12.6. The van der Waals surface area contributed by atoms with Gasteiger partial charge in [-0.1, -0.05) is 37.6 Å². The number of carbonyl (C=O) groups is 1. The summed E-state index contributed by atoms with van der Waals surface area (Å²) in [6, 6.07) is 0. The Balaban J connectivity index is 2.12. The van der Waals surface area contributed by atoms with Crippen LogP contribution in [-0.2, 0) is 14.3 Å². The van der Waals surface area contributed by atoms with E-state index >= 15 is 0 Å². The predicted octanol–water partition coefficient (Wildman–Crippen LogP) is 4.06. The van der Waals surface area contributed by atoms with Crippen molar-refractivity contribution in [3.8, 4) is 0 Å². The van der Waals surface area contributed by atoms with Crippen molar-refractivity contribution in [2.24, 2.45) is 11.3 Å². The third kappa shape index (κ3) is 3.11. The molecule has 0 unspecified atom stereocenters. The molecule has 138 valence electrons. The van der Waals surface area contributed by atoms with Crippen molar-refractivity contribution in [3.63, 3.8) is 0 Å². The summed E-state index contributed by atoms with van der Waals surface area (Å²) < 4.78 is 11.7. The molecule has 4 nitrogen and oxygen atoms in total. The number of carbonyl (C=O) groups excluding carboxylic acids is 1. The molecule has 0 radical (unpaired) electrons. The van der Waals surface area contributed by atoms with Gasteiger partial charge in [-0.05, 0) is 50.4 Å². The maximum Gasteiger partial charge on any atom is 0.337 e. The van der Waals surface area contributed by atoms with E-state index in [0.29, 0.717) is 18.8 Å². The lowest BCUT2D eigenvalue weighted by Gasteiger charge is -2.45. The highest BCUT2D eigenvalue weighted by atomic mass is 16.7. The Morgan fingerprint density at radius 1 is 1.32 bits per heavy atom. The Morgan fingerprint density at radius 2 is 2.00 bits per heavy atom. The molecule has 0 aromatic carbocycles. The van der Waals surface area contributed by atoms with Crippen LogP contribution >= 0.6 is 0 Å². The Hall–Kier alpha value is -1.39. The second-order valence-electron chi connectivity index (χ2n) is 8.41. The molecule has 2 aliphatic carbocycles. The molecular formula is C21H30O4. The Bertz CT molecular complexity index is 655. The number of methoxy groups -OCH3 is 1. The zero-order valence-corrected chi connectivity index (χ0v) is 15.9. The predicted molar refractivity (Wildman–Crippen MR) is 96.7 cm³/mol. The molecule has 1 heterocycles. The Kier molecular flexibility index (Phi) is 4.71. The largest absolute Gasteiger partial charge is 0.425 e. The van der Waals surface area contributed by atoms with Crippen molar-refractivity contribution >= 4 is 5.97 Å². The fraction of sp³-hybridized carbons (Fsp3) is 0.667. The number of aliphatic hydroxyl groups excluding tert-OH is 1. The molecule has 0 aromatic heterocycles. The minimum Gasteiger partial charge on any atom is -0.425 e. The summed E-state index contributed by atoms with van der Waals surface area (Å²) in [5, 5.41) is 10.3. The third-order valence-electron chi connectivity index (χ3n) is 6.26. The maximum atomic E-state index is 12.6. The molecule has 0 amide bonds. The number of fused-ring (bicyclic) bond motifs is 1. The van der Waals surface area contributed by atoms with Gasteiger partial charge in [0.15, 0.2) is 0 Å². The number of rotatable bonds is 1. The zero-order valence-electron chi connectivity index (χ0n) is 15.9. The molecule has 3 atom stereocenters. The smallest absolute Gasteiger partial charge is 0.337 e. The van der Waals surface area contributed by atoms with Crippen molar-refractivity contribution < 1.29 is 19.4 Å². The van der Waals surface area contributed by atoms with Crippen LogP contribution in [0.1, 0.15) is 59.3 Å². The van der Waals surface area contributed by atoms with E-state index in [1.807, 2.05) is 13.0 Å². The molecule has 3 aliphatic rings. The van der Waals surface area contributed by atoms with Gasteiger partial charge < -0.3 is 14.6 Å². The van der Waals surface area contributed by atoms with Crippen molar-refractivity contribution in [1.82, 2.24) is 0 Å². The van der Waals surface area contributed by atoms with Crippen LogP contribution < -0.4 is 0 Å². The monoisotopic (exact) mass is 346 g/mol. The normalized spacial score (nSPS) is 37.7. The highest BCUT2D eigenvalue weighted by molar-refractivity contribution is 5.93. The number of hydrogen-bond acceptors (Lipinski definition) is 4. The second kappa shape index (κ2) is 6.40. The van der Waals surface area contributed by atoms with E-state index in [9.17, 15) is 9.90 Å². The van der Waals surface area contributed by atoms with Crippen molar-refractivity contribution in [1.29, 1.82) is 0 Å². The van der Waals surface area contributed by atoms with Crippen LogP contribution in [0, 0.1) is 11.3 Å². The average molecular weight is 346 g/mol. The van der Waals surface area contributed by atoms with E-state index in [-0.39, 0.29) is 11.4 Å². The first-order valence-electron chi connectivity index (χ1n) is 9.24. The third-order valence-corrected chi connectivity index (χ3v) is 6.26. The Labute approximate surface area is 150 Å². The van der Waals surface area contributed by atoms with Crippen LogP contribution in [0.4, 0.5) is 0 Å². The van der Waals surface area contributed by atoms with Crippen LogP contribution in [0.3, 0.4) is 0 Å². The summed E-state index contributed by atoms with van der Waals surface area (Å²) in [7, 11) is 1.61. The molecule has 1 aliphatic heterocycles. The molecule has 0 fully saturated rings. The van der Waals surface area contributed by atoms with Gasteiger partial charge in [0.05, 0.1) is 6.10 Å². The van der Waals surface area contributed by atoms with E-state index in [1.165, 1.54) is 0 Å². The highest BCUT2D eigenvalue weighted by Crippen LogP contribution is 2.56. The minimum absolute atomic E-state index is 0.172. The van der Waals surface area contributed by atoms with Gasteiger partial charge in [0.25, 0.3) is 0 Å². The Morgan fingerprint density at radius 3 is 2.68 bits per heavy atom. The van der Waals surface area contributed by atoms with Crippen LogP contribution in [0.2, 0.25) is 0 Å². The lowest BCUT2D eigenvalue weighted by molar-refractivity contribution is -0.196. The van der Waals surface area contributed by atoms with E-state index < -0.39 is 11.9 Å². The topological polar surface area (TPSA) is 55.8 Å². The van der Waals surface area contributed by atoms with Crippen LogP contribution in [-0.4, -0.2) is 30.1 Å². The van der Waals surface area contributed by atoms with Crippen LogP contribution in [0.5, 0.6) is 0 Å². The quantitative estimate of drug-likeness (QED) is 0.575. The standard InChI is InChI=1S/C21H30O4/c1-13-6-7-15-8-9-17-18(20(15,3)4)21(24-5,25-19(17)23)12-14(2)11-16(22)10-13/h11,15-16,22H,1,6-10,12H2,2-5H3/b14-11+/t15-,16+,21-/m1/s1. The fourth-order valence-electron chi connectivity index (χ4n) is 5.02. The first-order chi connectivity index (χ1) is 11.7. The second-order valence-corrected chi connectivity index (χ2v) is 8.41. The zero-order chi connectivity index (χ0) is 18.4. The van der Waals surface area contributed by atoms with E-state index in [2.05, 4.69) is 20.4 Å². The van der Waals surface area contributed by atoms with Crippen molar-refractivity contribution in [3.05, 3.63) is 34.9 Å². The van der Waals surface area contributed by atoms with Gasteiger partial charge in [-0.15, -0.1) is 0 Å². The number of aliphatic hydroxyl groups is 1. The van der Waals surface area contributed by atoms with Gasteiger partial charge in [0.2, 0.25) is 5.79 Å². The summed E-state index contributed by atoms with van der Waals surface area (Å²) in [6.45, 7) is 10.5. The van der Waals surface area contributed by atoms with Crippen LogP contribution in [0.15, 0.2) is 34.9 Å². The molecule has 2 bridgehead atoms. The minimum atomic E-state index is -1.04. The average Bonchev–Trinajstić information content (AvgIpc) is 2.78. The number of ether oxygens (including phenoxy) is 2. The van der Waals surface area contributed by atoms with Gasteiger partial charge in [0, 0.05) is 24.7 Å². The number of hydrogen-bond donors (Lipinski definition) is 1. The molecule has 4 heteroatoms. The molecular weight excluding hydrogens is 316 g/mol. The van der Waals surface area contributed by atoms with E-state index in [0.717, 1.165) is 48.0 Å². The first-order valence-corrected chi connectivity index (χ1v) is 9.24. The summed E-state index contributed by atoms with van der Waals surface area (Å²) >= 11 is 0. The van der Waals surface area contributed by atoms with Gasteiger partial charge in [-0.25, -0.2) is 4.79 Å². The lowest BCUT2D eigenvalue weighted by Crippen LogP contribution is -2.44. The lowest BCUT2D eigenvalue weighted by atomic mass is 9.61. The summed E-state index contributed by atoms with van der Waals surface area (Å²) in [5.41, 5.74) is 3.69. The SMILES string of the molecule is C=C1CC[C@@H]2CCC3=C(C2(C)C)[C@@](OC)(C/C(C)=C/[C@@H](O)C1)OC3=O. The molecule has 0 saturated carbocycles. The number of esters is 1. The van der Waals surface area contributed by atoms with Gasteiger partial charge in [-0.3, -0.25) is 0 Å². The highest BCUT2D eigenvalue weighted by Gasteiger charge is 2.57. The molecule has 0 spiro atoms. The van der Waals surface area contributed by atoms with Gasteiger partial charge >= 0.3 is 5.97 Å².